The van der Waals surface area contributed by atoms with Crippen molar-refractivity contribution < 1.29 is 49.2 Å². The number of rotatable bonds is 4. The minimum atomic E-state index is -2.66. The van der Waals surface area contributed by atoms with Crippen LogP contribution in [0.4, 0.5) is 0 Å². The smallest absolute Gasteiger partial charge is 0.317 e. The highest BCUT2D eigenvalue weighted by atomic mass is 16.4. The fourth-order valence-electron chi connectivity index (χ4n) is 6.35. The summed E-state index contributed by atoms with van der Waals surface area (Å²) in [6.07, 6.45) is -1.99. The summed E-state index contributed by atoms with van der Waals surface area (Å²) in [5.74, 6) is -9.81. The van der Waals surface area contributed by atoms with E-state index >= 15 is 0 Å². The first-order chi connectivity index (χ1) is 12.5. The Kier molecular flexibility index (Phi) is 3.29. The summed E-state index contributed by atoms with van der Waals surface area (Å²) in [5, 5.41) is 40.1. The molecule has 0 saturated heterocycles. The summed E-state index contributed by atoms with van der Waals surface area (Å²) < 4.78 is 0. The molecule has 10 nitrogen and oxygen atoms in total. The maximum Gasteiger partial charge on any atom is 0.317 e. The van der Waals surface area contributed by atoms with Crippen LogP contribution in [-0.4, -0.2) is 55.9 Å². The Morgan fingerprint density at radius 3 is 0.893 bits per heavy atom. The van der Waals surface area contributed by atoms with Gasteiger partial charge in [0.1, 0.15) is 21.7 Å². The Labute approximate surface area is 158 Å². The fourth-order valence-corrected chi connectivity index (χ4v) is 6.35. The second-order valence-corrected chi connectivity index (χ2v) is 9.10. The molecule has 4 fully saturated rings. The molecule has 0 spiro atoms. The van der Waals surface area contributed by atoms with E-state index in [2.05, 4.69) is 0 Å². The average Bonchev–Trinajstić information content (AvgIpc) is 2.51. The molecular formula is C18H20O10. The molecule has 4 unspecified atom stereocenters. The van der Waals surface area contributed by atoms with Crippen LogP contribution in [0.2, 0.25) is 0 Å². The van der Waals surface area contributed by atoms with Gasteiger partial charge >= 0.3 is 23.9 Å². The highest BCUT2D eigenvalue weighted by molar-refractivity contribution is 6.28. The van der Waals surface area contributed by atoms with E-state index in [1.165, 1.54) is 0 Å². The maximum absolute atomic E-state index is 13.5. The van der Waals surface area contributed by atoms with E-state index in [1.54, 1.807) is 0 Å². The van der Waals surface area contributed by atoms with E-state index < -0.39 is 80.8 Å². The minimum absolute atomic E-state index is 0.994. The highest BCUT2D eigenvalue weighted by Gasteiger charge is 2.95. The van der Waals surface area contributed by atoms with Gasteiger partial charge in [-0.15, -0.1) is 0 Å². The van der Waals surface area contributed by atoms with Gasteiger partial charge in [0.2, 0.25) is 0 Å². The molecule has 0 aromatic carbocycles. The number of Topliss-reactive ketones (excluding diaryl/α,β-unsaturated/α-hetero) is 2. The second kappa shape index (κ2) is 4.61. The number of aliphatic carboxylic acids is 4. The first kappa shape index (κ1) is 20.0. The van der Waals surface area contributed by atoms with Gasteiger partial charge in [-0.2, -0.15) is 0 Å². The summed E-state index contributed by atoms with van der Waals surface area (Å²) in [7, 11) is 0. The van der Waals surface area contributed by atoms with Crippen LogP contribution >= 0.6 is 0 Å². The molecule has 4 aliphatic carbocycles. The standard InChI is InChI=1S/C18H20O10/c1-13(2)15(9(21)22)5-17(11(25)26)8(20)16(13,10(23)24)6-18(7(15)19,12(27)28)14(17,3)4/h5-6H2,1-4H3,(H,21,22)(H,23,24)(H,25,26)(H,27,28). The summed E-state index contributed by atoms with van der Waals surface area (Å²) in [6, 6.07) is 0. The summed E-state index contributed by atoms with van der Waals surface area (Å²) >= 11 is 0. The van der Waals surface area contributed by atoms with Crippen molar-refractivity contribution in [3.05, 3.63) is 0 Å². The molecule has 4 rings (SSSR count). The van der Waals surface area contributed by atoms with E-state index in [0.717, 1.165) is 27.7 Å². The molecule has 0 aromatic heterocycles. The van der Waals surface area contributed by atoms with Gasteiger partial charge in [-0.1, -0.05) is 27.7 Å². The molecule has 0 heterocycles. The molecule has 4 saturated carbocycles. The highest BCUT2D eigenvalue weighted by Crippen LogP contribution is 2.82. The van der Waals surface area contributed by atoms with Crippen LogP contribution in [-0.2, 0) is 28.8 Å². The molecule has 152 valence electrons. The van der Waals surface area contributed by atoms with E-state index in [0.29, 0.717) is 0 Å². The van der Waals surface area contributed by atoms with Gasteiger partial charge in [0.25, 0.3) is 0 Å². The van der Waals surface area contributed by atoms with Crippen LogP contribution in [0.5, 0.6) is 0 Å². The normalized spacial score (nSPS) is 42.3. The zero-order valence-corrected chi connectivity index (χ0v) is 15.7. The third kappa shape index (κ3) is 1.32. The van der Waals surface area contributed by atoms with Crippen LogP contribution in [0.3, 0.4) is 0 Å². The first-order valence-electron chi connectivity index (χ1n) is 8.53. The Morgan fingerprint density at radius 2 is 0.750 bits per heavy atom. The van der Waals surface area contributed by atoms with E-state index in [-0.39, 0.29) is 0 Å². The summed E-state index contributed by atoms with van der Waals surface area (Å²) in [4.78, 5) is 76.5. The Morgan fingerprint density at radius 1 is 0.571 bits per heavy atom. The van der Waals surface area contributed by atoms with Crippen molar-refractivity contribution in [3.63, 3.8) is 0 Å². The third-order valence-electron chi connectivity index (χ3n) is 8.34. The Hall–Kier alpha value is -2.78. The van der Waals surface area contributed by atoms with Crippen molar-refractivity contribution >= 4 is 35.4 Å². The van der Waals surface area contributed by atoms with Crippen molar-refractivity contribution in [2.45, 2.75) is 40.5 Å². The van der Waals surface area contributed by atoms with Crippen molar-refractivity contribution in [2.24, 2.45) is 32.5 Å². The monoisotopic (exact) mass is 396 g/mol. The lowest BCUT2D eigenvalue weighted by molar-refractivity contribution is -0.268. The molecule has 0 amide bonds. The van der Waals surface area contributed by atoms with Crippen LogP contribution in [0.15, 0.2) is 0 Å². The number of hydrogen-bond acceptors (Lipinski definition) is 6. The number of carbonyl (C=O) groups excluding carboxylic acids is 2. The van der Waals surface area contributed by atoms with Gasteiger partial charge in [-0.05, 0) is 12.8 Å². The van der Waals surface area contributed by atoms with Crippen LogP contribution in [0.25, 0.3) is 0 Å². The van der Waals surface area contributed by atoms with E-state index in [9.17, 15) is 49.2 Å². The Balaban J connectivity index is 2.66. The number of carboxylic acids is 4. The lowest BCUT2D eigenvalue weighted by Gasteiger charge is -2.74. The molecule has 4 bridgehead atoms. The lowest BCUT2D eigenvalue weighted by atomic mass is 9.22. The van der Waals surface area contributed by atoms with Crippen molar-refractivity contribution in [3.8, 4) is 0 Å². The summed E-state index contributed by atoms with van der Waals surface area (Å²) in [6.45, 7) is 4.45. The number of ketones is 2. The SMILES string of the molecule is CC1(C)C2(C(=O)O)CC3(C(=O)O)C(=O)C1(C(=O)O)CC(C(=O)O)(C2=O)C3(C)C. The van der Waals surface area contributed by atoms with Gasteiger partial charge in [0.15, 0.2) is 11.6 Å². The minimum Gasteiger partial charge on any atom is -0.480 e. The van der Waals surface area contributed by atoms with Crippen molar-refractivity contribution in [1.29, 1.82) is 0 Å². The van der Waals surface area contributed by atoms with E-state index in [4.69, 9.17) is 0 Å². The average molecular weight is 396 g/mol. The molecule has 4 atom stereocenters. The molecule has 0 aliphatic heterocycles. The number of hydrogen-bond donors (Lipinski definition) is 4. The first-order valence-corrected chi connectivity index (χ1v) is 8.53. The third-order valence-corrected chi connectivity index (χ3v) is 8.34. The van der Waals surface area contributed by atoms with Gasteiger partial charge in [-0.25, -0.2) is 0 Å². The molecule has 28 heavy (non-hydrogen) atoms. The molecule has 0 radical (unpaired) electrons. The van der Waals surface area contributed by atoms with Gasteiger partial charge in [-0.3, -0.25) is 28.8 Å². The van der Waals surface area contributed by atoms with E-state index in [1.807, 2.05) is 0 Å². The quantitative estimate of drug-likeness (QED) is 0.481. The number of carboxylic acid groups (broad SMARTS) is 4. The predicted molar refractivity (Wildman–Crippen MR) is 87.1 cm³/mol. The Bertz CT molecular complexity index is 775. The molecule has 0 aromatic rings. The molecular weight excluding hydrogens is 376 g/mol. The zero-order valence-electron chi connectivity index (χ0n) is 15.7. The largest absolute Gasteiger partial charge is 0.480 e. The van der Waals surface area contributed by atoms with Crippen molar-refractivity contribution in [1.82, 2.24) is 0 Å². The van der Waals surface area contributed by atoms with Crippen LogP contribution in [0, 0.1) is 32.5 Å². The van der Waals surface area contributed by atoms with Gasteiger partial charge in [0.05, 0.1) is 0 Å². The number of carbonyl (C=O) groups is 6. The molecule has 10 heteroatoms. The predicted octanol–water partition coefficient (Wildman–Crippen LogP) is 0.282. The lowest BCUT2D eigenvalue weighted by Crippen LogP contribution is -2.88. The fraction of sp³-hybridized carbons (Fsp3) is 0.667. The van der Waals surface area contributed by atoms with Gasteiger partial charge < -0.3 is 20.4 Å². The molecule has 4 N–H and O–H groups in total. The van der Waals surface area contributed by atoms with Crippen LogP contribution < -0.4 is 0 Å². The maximum atomic E-state index is 13.5. The molecule has 4 aliphatic rings. The summed E-state index contributed by atoms with van der Waals surface area (Å²) in [5.41, 5.74) is -14.8. The van der Waals surface area contributed by atoms with Gasteiger partial charge in [0, 0.05) is 10.8 Å². The second-order valence-electron chi connectivity index (χ2n) is 9.10. The topological polar surface area (TPSA) is 183 Å². The van der Waals surface area contributed by atoms with Crippen molar-refractivity contribution in [2.75, 3.05) is 0 Å². The van der Waals surface area contributed by atoms with Crippen LogP contribution in [0.1, 0.15) is 40.5 Å². The zero-order chi connectivity index (χ0) is 21.9.